The zero-order chi connectivity index (χ0) is 22.8. The summed E-state index contributed by atoms with van der Waals surface area (Å²) in [6, 6.07) is 12.3. The number of H-pyrrole nitrogens is 1. The molecule has 3 aromatic rings. The highest BCUT2D eigenvalue weighted by Gasteiger charge is 2.30. The summed E-state index contributed by atoms with van der Waals surface area (Å²) in [5, 5.41) is 6.43. The third kappa shape index (κ3) is 4.63. The molecule has 2 fully saturated rings. The molecule has 2 atom stereocenters. The monoisotopic (exact) mass is 448 g/mol. The first-order valence-corrected chi connectivity index (χ1v) is 11.9. The van der Waals surface area contributed by atoms with Crippen LogP contribution >= 0.6 is 0 Å². The van der Waals surface area contributed by atoms with Crippen molar-refractivity contribution in [2.24, 2.45) is 5.92 Å². The van der Waals surface area contributed by atoms with Gasteiger partial charge in [-0.1, -0.05) is 18.2 Å². The lowest BCUT2D eigenvalue weighted by Gasteiger charge is -2.30. The molecule has 0 unspecified atom stereocenters. The Labute approximate surface area is 194 Å². The second-order valence-electron chi connectivity index (χ2n) is 9.25. The van der Waals surface area contributed by atoms with Crippen LogP contribution < -0.4 is 20.1 Å². The van der Waals surface area contributed by atoms with Gasteiger partial charge in [0.05, 0.1) is 30.2 Å². The van der Waals surface area contributed by atoms with Crippen molar-refractivity contribution in [3.63, 3.8) is 0 Å². The number of hydrogen-bond acceptors (Lipinski definition) is 5. The van der Waals surface area contributed by atoms with E-state index < -0.39 is 0 Å². The van der Waals surface area contributed by atoms with Crippen molar-refractivity contribution in [3.05, 3.63) is 47.5 Å². The van der Waals surface area contributed by atoms with E-state index in [4.69, 9.17) is 9.47 Å². The number of benzene rings is 2. The molecule has 33 heavy (non-hydrogen) atoms. The number of methoxy groups -OCH3 is 1. The van der Waals surface area contributed by atoms with Crippen LogP contribution in [0.25, 0.3) is 11.0 Å². The first-order valence-electron chi connectivity index (χ1n) is 11.9. The Morgan fingerprint density at radius 3 is 2.79 bits per heavy atom. The smallest absolute Gasteiger partial charge is 0.224 e. The fourth-order valence-corrected chi connectivity index (χ4v) is 5.04. The van der Waals surface area contributed by atoms with Crippen molar-refractivity contribution in [2.75, 3.05) is 25.5 Å². The number of anilines is 1. The van der Waals surface area contributed by atoms with E-state index in [1.54, 1.807) is 7.11 Å². The van der Waals surface area contributed by atoms with Crippen molar-refractivity contribution >= 4 is 22.9 Å². The van der Waals surface area contributed by atoms with Crippen molar-refractivity contribution in [2.45, 2.75) is 51.0 Å². The fraction of sp³-hybridized carbons (Fsp3) is 0.462. The third-order valence-corrected chi connectivity index (χ3v) is 6.95. The molecule has 0 spiro atoms. The van der Waals surface area contributed by atoms with Crippen LogP contribution in [-0.4, -0.2) is 42.2 Å². The van der Waals surface area contributed by atoms with Gasteiger partial charge in [0.1, 0.15) is 0 Å². The van der Waals surface area contributed by atoms with Gasteiger partial charge in [-0.25, -0.2) is 4.98 Å². The molecule has 7 nitrogen and oxygen atoms in total. The molecular formula is C26H32N4O3. The number of imidazole rings is 1. The molecule has 1 aliphatic carbocycles. The zero-order valence-corrected chi connectivity index (χ0v) is 19.3. The van der Waals surface area contributed by atoms with E-state index >= 15 is 0 Å². The number of carbonyl (C=O) groups is 1. The third-order valence-electron chi connectivity index (χ3n) is 6.95. The van der Waals surface area contributed by atoms with Crippen molar-refractivity contribution in [3.8, 4) is 11.5 Å². The first-order chi connectivity index (χ1) is 16.1. The van der Waals surface area contributed by atoms with E-state index in [1.165, 1.54) is 18.4 Å². The minimum Gasteiger partial charge on any atom is -0.493 e. The van der Waals surface area contributed by atoms with E-state index in [9.17, 15) is 4.79 Å². The predicted octanol–water partition coefficient (Wildman–Crippen LogP) is 4.53. The number of aromatic amines is 1. The van der Waals surface area contributed by atoms with Crippen LogP contribution in [0.1, 0.15) is 49.1 Å². The van der Waals surface area contributed by atoms with Gasteiger partial charge in [0.2, 0.25) is 11.9 Å². The topological polar surface area (TPSA) is 88.3 Å². The summed E-state index contributed by atoms with van der Waals surface area (Å²) < 4.78 is 11.8. The Morgan fingerprint density at radius 1 is 1.15 bits per heavy atom. The van der Waals surface area contributed by atoms with Gasteiger partial charge in [0.15, 0.2) is 11.5 Å². The Bertz CT molecular complexity index is 1140. The molecule has 2 heterocycles. The summed E-state index contributed by atoms with van der Waals surface area (Å²) in [4.78, 5) is 20.5. The van der Waals surface area contributed by atoms with Gasteiger partial charge in [-0.3, -0.25) is 4.79 Å². The van der Waals surface area contributed by atoms with E-state index in [0.717, 1.165) is 47.4 Å². The largest absolute Gasteiger partial charge is 0.493 e. The number of ether oxygens (including phenoxy) is 2. The second-order valence-corrected chi connectivity index (χ2v) is 9.25. The molecule has 2 aliphatic rings. The SMILES string of the molecule is COc1ccc([C@H]2CNC(=O)[C@H](CNc3nc4c(C)cccc4[nH]3)C2)cc1OC1CCCC1. The average molecular weight is 449 g/mol. The summed E-state index contributed by atoms with van der Waals surface area (Å²) in [5.41, 5.74) is 4.26. The first kappa shape index (κ1) is 21.6. The average Bonchev–Trinajstić information content (AvgIpc) is 3.49. The molecule has 0 bridgehead atoms. The zero-order valence-electron chi connectivity index (χ0n) is 19.3. The number of fused-ring (bicyclic) bond motifs is 1. The van der Waals surface area contributed by atoms with Crippen molar-refractivity contribution in [1.29, 1.82) is 0 Å². The van der Waals surface area contributed by atoms with Gasteiger partial charge in [-0.2, -0.15) is 0 Å². The number of para-hydroxylation sites is 1. The van der Waals surface area contributed by atoms with E-state index in [1.807, 2.05) is 31.2 Å². The lowest BCUT2D eigenvalue weighted by molar-refractivity contribution is -0.126. The van der Waals surface area contributed by atoms with Crippen LogP contribution in [-0.2, 0) is 4.79 Å². The number of aromatic nitrogens is 2. The van der Waals surface area contributed by atoms with Gasteiger partial charge in [0, 0.05) is 19.0 Å². The van der Waals surface area contributed by atoms with Crippen LogP contribution in [0.4, 0.5) is 5.95 Å². The maximum Gasteiger partial charge on any atom is 0.224 e. The Morgan fingerprint density at radius 2 is 2.00 bits per heavy atom. The number of aryl methyl sites for hydroxylation is 1. The maximum absolute atomic E-state index is 12.6. The minimum absolute atomic E-state index is 0.0852. The van der Waals surface area contributed by atoms with E-state index in [0.29, 0.717) is 19.0 Å². The standard InChI is InChI=1S/C26H32N4O3/c1-16-6-5-9-21-24(16)30-26(29-21)28-15-19-12-18(14-27-25(19)31)17-10-11-22(32-2)23(13-17)33-20-7-3-4-8-20/h5-6,9-11,13,18-20H,3-4,7-8,12,14-15H2,1-2H3,(H,27,31)(H2,28,29,30)/t18-,19+/m1/s1. The second kappa shape index (κ2) is 9.33. The molecule has 5 rings (SSSR count). The molecule has 7 heteroatoms. The van der Waals surface area contributed by atoms with Gasteiger partial charge in [-0.15, -0.1) is 0 Å². The maximum atomic E-state index is 12.6. The number of carbonyl (C=O) groups excluding carboxylic acids is 1. The molecule has 174 valence electrons. The quantitative estimate of drug-likeness (QED) is 0.494. The van der Waals surface area contributed by atoms with Crippen LogP contribution in [0, 0.1) is 12.8 Å². The summed E-state index contributed by atoms with van der Waals surface area (Å²) in [5.74, 6) is 2.45. The number of hydrogen-bond donors (Lipinski definition) is 3. The molecule has 2 aromatic carbocycles. The normalized spacial score (nSPS) is 21.2. The minimum atomic E-state index is -0.139. The number of nitrogens with one attached hydrogen (secondary N) is 3. The number of piperidine rings is 1. The van der Waals surface area contributed by atoms with Crippen LogP contribution in [0.2, 0.25) is 0 Å². The summed E-state index contributed by atoms with van der Waals surface area (Å²) in [7, 11) is 1.68. The summed E-state index contributed by atoms with van der Waals surface area (Å²) in [6.45, 7) is 3.21. The van der Waals surface area contributed by atoms with Crippen molar-refractivity contribution in [1.82, 2.24) is 15.3 Å². The predicted molar refractivity (Wildman–Crippen MR) is 129 cm³/mol. The highest BCUT2D eigenvalue weighted by Crippen LogP contribution is 2.36. The highest BCUT2D eigenvalue weighted by molar-refractivity contribution is 5.82. The molecule has 1 aromatic heterocycles. The Balaban J connectivity index is 1.28. The molecule has 3 N–H and O–H groups in total. The van der Waals surface area contributed by atoms with Gasteiger partial charge < -0.3 is 25.1 Å². The van der Waals surface area contributed by atoms with Crippen LogP contribution in [0.3, 0.4) is 0 Å². The molecular weight excluding hydrogens is 416 g/mol. The lowest BCUT2D eigenvalue weighted by atomic mass is 9.85. The number of nitrogens with zero attached hydrogens (tertiary/aromatic N) is 1. The Hall–Kier alpha value is -3.22. The molecule has 1 saturated carbocycles. The molecule has 1 amide bonds. The number of amides is 1. The van der Waals surface area contributed by atoms with Gasteiger partial charge in [-0.05, 0) is 68.4 Å². The van der Waals surface area contributed by atoms with Gasteiger partial charge in [0.25, 0.3) is 0 Å². The fourth-order valence-electron chi connectivity index (χ4n) is 5.04. The van der Waals surface area contributed by atoms with Crippen molar-refractivity contribution < 1.29 is 14.3 Å². The van der Waals surface area contributed by atoms with E-state index in [2.05, 4.69) is 32.7 Å². The highest BCUT2D eigenvalue weighted by atomic mass is 16.5. The lowest BCUT2D eigenvalue weighted by Crippen LogP contribution is -2.43. The van der Waals surface area contributed by atoms with E-state index in [-0.39, 0.29) is 23.8 Å². The van der Waals surface area contributed by atoms with Gasteiger partial charge >= 0.3 is 0 Å². The summed E-state index contributed by atoms with van der Waals surface area (Å²) in [6.07, 6.45) is 5.68. The number of rotatable bonds is 7. The molecule has 1 aliphatic heterocycles. The molecule has 0 radical (unpaired) electrons. The van der Waals surface area contributed by atoms with Crippen LogP contribution in [0.5, 0.6) is 11.5 Å². The molecule has 1 saturated heterocycles. The van der Waals surface area contributed by atoms with Crippen LogP contribution in [0.15, 0.2) is 36.4 Å². The Kier molecular flexibility index (Phi) is 6.11. The summed E-state index contributed by atoms with van der Waals surface area (Å²) >= 11 is 0.